The first kappa shape index (κ1) is 24.7. The predicted molar refractivity (Wildman–Crippen MR) is 126 cm³/mol. The average Bonchev–Trinajstić information content (AvgIpc) is 3.21. The fraction of sp³-hybridized carbons (Fsp3) is 0.318. The minimum absolute atomic E-state index is 0.0912. The van der Waals surface area contributed by atoms with Gasteiger partial charge in [0.25, 0.3) is 0 Å². The summed E-state index contributed by atoms with van der Waals surface area (Å²) in [5.74, 6) is -1.98. The van der Waals surface area contributed by atoms with Gasteiger partial charge in [-0.15, -0.1) is 0 Å². The van der Waals surface area contributed by atoms with Gasteiger partial charge in [-0.2, -0.15) is 16.9 Å². The van der Waals surface area contributed by atoms with E-state index in [1.54, 1.807) is 18.2 Å². The lowest BCUT2D eigenvalue weighted by molar-refractivity contribution is -0.136. The molecule has 2 aromatic carbocycles. The number of nitrogens with zero attached hydrogens (tertiary/aromatic N) is 3. The Balaban J connectivity index is 1.72. The number of hydrogen-bond donors (Lipinski definition) is 2. The van der Waals surface area contributed by atoms with Crippen LogP contribution in [0.4, 0.5) is 5.69 Å². The van der Waals surface area contributed by atoms with Crippen molar-refractivity contribution in [2.45, 2.75) is 22.6 Å². The van der Waals surface area contributed by atoms with Gasteiger partial charge in [-0.05, 0) is 42.8 Å². The van der Waals surface area contributed by atoms with Gasteiger partial charge in [0.05, 0.1) is 17.0 Å². The minimum Gasteiger partial charge on any atom is -0.478 e. The standard InChI is InChI=1S/C22H25N3O6S2/c1-23(14-20(26)24(2)16-10-8-15(9-11-16)22(28)29)21(27)19-12-17(32)13-25(19)33(30,31)18-6-4-3-5-7-18/h3-11,17,19,32H,12-14H2,1-2H3,(H,28,29)/t17-,19+/m1/s1. The van der Waals surface area contributed by atoms with Crippen LogP contribution in [0.3, 0.4) is 0 Å². The van der Waals surface area contributed by atoms with Gasteiger partial charge in [-0.3, -0.25) is 9.59 Å². The Morgan fingerprint density at radius 2 is 1.67 bits per heavy atom. The lowest BCUT2D eigenvalue weighted by atomic mass is 10.2. The summed E-state index contributed by atoms with van der Waals surface area (Å²) in [6, 6.07) is 12.7. The Bertz CT molecular complexity index is 1140. The van der Waals surface area contributed by atoms with E-state index >= 15 is 0 Å². The Morgan fingerprint density at radius 3 is 2.24 bits per heavy atom. The molecule has 176 valence electrons. The van der Waals surface area contributed by atoms with Gasteiger partial charge >= 0.3 is 5.97 Å². The molecule has 2 atom stereocenters. The maximum absolute atomic E-state index is 13.1. The molecule has 0 aromatic heterocycles. The molecule has 0 bridgehead atoms. The molecule has 33 heavy (non-hydrogen) atoms. The van der Waals surface area contributed by atoms with Crippen LogP contribution in [0, 0.1) is 0 Å². The highest BCUT2D eigenvalue weighted by Gasteiger charge is 2.44. The largest absolute Gasteiger partial charge is 0.478 e. The van der Waals surface area contributed by atoms with Crippen molar-refractivity contribution in [2.75, 3.05) is 32.1 Å². The molecule has 1 fully saturated rings. The highest BCUT2D eigenvalue weighted by atomic mass is 32.2. The third-order valence-corrected chi connectivity index (χ3v) is 7.76. The number of carboxylic acids is 1. The van der Waals surface area contributed by atoms with Gasteiger partial charge in [0.2, 0.25) is 21.8 Å². The molecule has 1 N–H and O–H groups in total. The molecule has 0 radical (unpaired) electrons. The maximum atomic E-state index is 13.1. The number of sulfonamides is 1. The monoisotopic (exact) mass is 491 g/mol. The molecule has 1 heterocycles. The van der Waals surface area contributed by atoms with Crippen LogP contribution < -0.4 is 4.90 Å². The van der Waals surface area contributed by atoms with Gasteiger partial charge in [-0.1, -0.05) is 18.2 Å². The summed E-state index contributed by atoms with van der Waals surface area (Å²) in [6.45, 7) is -0.183. The molecule has 11 heteroatoms. The summed E-state index contributed by atoms with van der Waals surface area (Å²) in [6.07, 6.45) is 0.235. The third kappa shape index (κ3) is 5.37. The molecular weight excluding hydrogens is 466 g/mol. The molecule has 0 unspecified atom stereocenters. The Labute approximate surface area is 198 Å². The van der Waals surface area contributed by atoms with Crippen molar-refractivity contribution in [2.24, 2.45) is 0 Å². The summed E-state index contributed by atoms with van der Waals surface area (Å²) >= 11 is 4.40. The zero-order valence-corrected chi connectivity index (χ0v) is 19.9. The van der Waals surface area contributed by atoms with Crippen LogP contribution in [0.15, 0.2) is 59.5 Å². The van der Waals surface area contributed by atoms with Gasteiger partial charge in [-0.25, -0.2) is 13.2 Å². The van der Waals surface area contributed by atoms with Crippen molar-refractivity contribution in [3.8, 4) is 0 Å². The zero-order chi connectivity index (χ0) is 24.3. The number of carboxylic acid groups (broad SMARTS) is 1. The van der Waals surface area contributed by atoms with Crippen molar-refractivity contribution in [3.05, 3.63) is 60.2 Å². The SMILES string of the molecule is CN(CC(=O)N(C)c1ccc(C(=O)O)cc1)C(=O)[C@@H]1C[C@@H](S)CN1S(=O)(=O)c1ccccc1. The minimum atomic E-state index is -3.90. The van der Waals surface area contributed by atoms with Gasteiger partial charge in [0, 0.05) is 31.6 Å². The van der Waals surface area contributed by atoms with Gasteiger partial charge < -0.3 is 14.9 Å². The van der Waals surface area contributed by atoms with E-state index in [1.807, 2.05) is 0 Å². The van der Waals surface area contributed by atoms with Gasteiger partial charge in [0.1, 0.15) is 6.04 Å². The summed E-state index contributed by atoms with van der Waals surface area (Å²) in [4.78, 5) is 39.5. The van der Waals surface area contributed by atoms with Crippen molar-refractivity contribution in [1.82, 2.24) is 9.21 Å². The van der Waals surface area contributed by atoms with Crippen LogP contribution in [0.1, 0.15) is 16.8 Å². The lowest BCUT2D eigenvalue weighted by Gasteiger charge is -2.28. The molecule has 1 saturated heterocycles. The van der Waals surface area contributed by atoms with E-state index in [9.17, 15) is 22.8 Å². The first-order chi connectivity index (χ1) is 15.5. The normalized spacial score (nSPS) is 18.6. The van der Waals surface area contributed by atoms with E-state index in [0.29, 0.717) is 5.69 Å². The lowest BCUT2D eigenvalue weighted by Crippen LogP contribution is -2.49. The van der Waals surface area contributed by atoms with E-state index < -0.39 is 33.8 Å². The Hall–Kier alpha value is -2.89. The van der Waals surface area contributed by atoms with Crippen molar-refractivity contribution < 1.29 is 27.9 Å². The number of likely N-dealkylation sites (N-methyl/N-ethyl adjacent to an activating group) is 2. The van der Waals surface area contributed by atoms with Crippen molar-refractivity contribution >= 4 is 46.1 Å². The molecule has 0 spiro atoms. The Morgan fingerprint density at radius 1 is 1.06 bits per heavy atom. The fourth-order valence-corrected chi connectivity index (χ4v) is 5.76. The molecule has 1 aliphatic rings. The quantitative estimate of drug-likeness (QED) is 0.568. The number of rotatable bonds is 7. The fourth-order valence-electron chi connectivity index (χ4n) is 3.62. The van der Waals surface area contributed by atoms with Crippen LogP contribution in [0.5, 0.6) is 0 Å². The van der Waals surface area contributed by atoms with E-state index in [4.69, 9.17) is 5.11 Å². The number of anilines is 1. The van der Waals surface area contributed by atoms with Gasteiger partial charge in [0.15, 0.2) is 0 Å². The number of carbonyl (C=O) groups excluding carboxylic acids is 2. The molecular formula is C22H25N3O6S2. The predicted octanol–water partition coefficient (Wildman–Crippen LogP) is 1.57. The summed E-state index contributed by atoms with van der Waals surface area (Å²) in [5, 5.41) is 8.69. The first-order valence-corrected chi connectivity index (χ1v) is 12.1. The second kappa shape index (κ2) is 9.94. The van der Waals surface area contributed by atoms with E-state index in [-0.39, 0.29) is 35.2 Å². The average molecular weight is 492 g/mol. The molecule has 0 aliphatic carbocycles. The Kier molecular flexibility index (Phi) is 7.45. The molecule has 9 nitrogen and oxygen atoms in total. The number of carbonyl (C=O) groups is 3. The number of thiol groups is 1. The smallest absolute Gasteiger partial charge is 0.335 e. The van der Waals surface area contributed by atoms with Crippen LogP contribution in [0.25, 0.3) is 0 Å². The first-order valence-electron chi connectivity index (χ1n) is 10.1. The number of aromatic carboxylic acids is 1. The molecule has 2 amide bonds. The number of amides is 2. The summed E-state index contributed by atoms with van der Waals surface area (Å²) < 4.78 is 27.4. The molecule has 2 aromatic rings. The number of benzene rings is 2. The molecule has 3 rings (SSSR count). The third-order valence-electron chi connectivity index (χ3n) is 5.49. The van der Waals surface area contributed by atoms with Crippen LogP contribution >= 0.6 is 12.6 Å². The second-order valence-electron chi connectivity index (χ2n) is 7.79. The zero-order valence-electron chi connectivity index (χ0n) is 18.2. The molecule has 0 saturated carbocycles. The second-order valence-corrected chi connectivity index (χ2v) is 10.4. The van der Waals surface area contributed by atoms with Crippen molar-refractivity contribution in [3.63, 3.8) is 0 Å². The van der Waals surface area contributed by atoms with Crippen LogP contribution in [-0.2, 0) is 19.6 Å². The highest BCUT2D eigenvalue weighted by molar-refractivity contribution is 7.89. The maximum Gasteiger partial charge on any atom is 0.335 e. The highest BCUT2D eigenvalue weighted by Crippen LogP contribution is 2.29. The molecule has 1 aliphatic heterocycles. The van der Waals surface area contributed by atoms with Crippen molar-refractivity contribution in [1.29, 1.82) is 0 Å². The van der Waals surface area contributed by atoms with E-state index in [0.717, 1.165) is 4.31 Å². The van der Waals surface area contributed by atoms with Crippen LogP contribution in [-0.4, -0.2) is 79.0 Å². The van der Waals surface area contributed by atoms with Crippen LogP contribution in [0.2, 0.25) is 0 Å². The van der Waals surface area contributed by atoms with E-state index in [2.05, 4.69) is 12.6 Å². The van der Waals surface area contributed by atoms with E-state index in [1.165, 1.54) is 60.3 Å². The number of hydrogen-bond acceptors (Lipinski definition) is 6. The summed E-state index contributed by atoms with van der Waals surface area (Å²) in [5.41, 5.74) is 0.560. The summed E-state index contributed by atoms with van der Waals surface area (Å²) in [7, 11) is -0.944. The topological polar surface area (TPSA) is 115 Å².